The molecule has 0 spiro atoms. The van der Waals surface area contributed by atoms with Gasteiger partial charge >= 0.3 is 0 Å². The molecule has 1 nitrogen and oxygen atoms in total. The Labute approximate surface area is 177 Å². The molecular formula is C27H37NS. The molecule has 2 heteroatoms. The van der Waals surface area contributed by atoms with Crippen LogP contribution in [0, 0.1) is 0 Å². The predicted octanol–water partition coefficient (Wildman–Crippen LogP) is 7.01. The van der Waals surface area contributed by atoms with Gasteiger partial charge in [-0.15, -0.1) is 39.5 Å². The second kappa shape index (κ2) is 8.12. The van der Waals surface area contributed by atoms with Crippen LogP contribution in [0.4, 0.5) is 0 Å². The molecule has 1 aliphatic heterocycles. The summed E-state index contributed by atoms with van der Waals surface area (Å²) >= 11 is 0. The molecule has 0 bridgehead atoms. The monoisotopic (exact) mass is 407 g/mol. The highest BCUT2D eigenvalue weighted by atomic mass is 32.4. The maximum atomic E-state index is 4.22. The van der Waals surface area contributed by atoms with E-state index in [1.165, 1.54) is 5.56 Å². The molecule has 0 aliphatic carbocycles. The van der Waals surface area contributed by atoms with E-state index in [1.54, 1.807) is 0 Å². The van der Waals surface area contributed by atoms with Gasteiger partial charge in [0, 0.05) is 12.7 Å². The van der Waals surface area contributed by atoms with Crippen LogP contribution in [0.1, 0.15) is 12.0 Å². The molecule has 0 fully saturated rings. The van der Waals surface area contributed by atoms with Crippen LogP contribution in [0.2, 0.25) is 0 Å². The Hall–Kier alpha value is -2.45. The average molecular weight is 408 g/mol. The zero-order valence-electron chi connectivity index (χ0n) is 17.8. The molecule has 0 aromatic heterocycles. The van der Waals surface area contributed by atoms with Crippen molar-refractivity contribution >= 4 is 8.29 Å². The Morgan fingerprint density at radius 3 is 1.66 bits per heavy atom. The van der Waals surface area contributed by atoms with E-state index in [0.29, 0.717) is 0 Å². The number of hydrogen-bond donors (Lipinski definition) is 0. The molecule has 1 aromatic carbocycles. The third-order valence-electron chi connectivity index (χ3n) is 6.88. The summed E-state index contributed by atoms with van der Waals surface area (Å²) in [7, 11) is -3.21. The lowest BCUT2D eigenvalue weighted by atomic mass is 10.0. The van der Waals surface area contributed by atoms with Crippen molar-refractivity contribution in [2.45, 2.75) is 11.3 Å². The molecule has 0 saturated heterocycles. The van der Waals surface area contributed by atoms with Crippen LogP contribution >= 0.6 is 8.29 Å². The van der Waals surface area contributed by atoms with Gasteiger partial charge in [-0.1, -0.05) is 66.8 Å². The largest absolute Gasteiger partial charge is 0.357 e. The fourth-order valence-electron chi connectivity index (χ4n) is 5.93. The van der Waals surface area contributed by atoms with Crippen LogP contribution in [0.5, 0.6) is 0 Å². The third kappa shape index (κ3) is 2.77. The van der Waals surface area contributed by atoms with Crippen LogP contribution in [-0.4, -0.2) is 34.5 Å². The highest BCUT2D eigenvalue weighted by molar-refractivity contribution is 8.67. The highest BCUT2D eigenvalue weighted by Crippen LogP contribution is 3.01. The smallest absolute Gasteiger partial charge is 0.0929 e. The fourth-order valence-corrected chi connectivity index (χ4v) is 14.6. The Morgan fingerprint density at radius 1 is 0.724 bits per heavy atom. The van der Waals surface area contributed by atoms with Crippen molar-refractivity contribution in [2.75, 3.05) is 29.6 Å². The van der Waals surface area contributed by atoms with Crippen molar-refractivity contribution in [3.63, 3.8) is 0 Å². The van der Waals surface area contributed by atoms with Crippen LogP contribution in [0.15, 0.2) is 118 Å². The average Bonchev–Trinajstić information content (AvgIpc) is 2.93. The quantitative estimate of drug-likeness (QED) is 0.318. The molecule has 29 heavy (non-hydrogen) atoms. The Balaban J connectivity index is 3.20. The van der Waals surface area contributed by atoms with E-state index in [4.69, 9.17) is 0 Å². The number of nitrogens with zero attached hydrogens (tertiary/aromatic N) is 1. The van der Waals surface area contributed by atoms with E-state index < -0.39 is 8.29 Å². The summed E-state index contributed by atoms with van der Waals surface area (Å²) in [5.41, 5.74) is 1.29. The molecule has 0 saturated carbocycles. The van der Waals surface area contributed by atoms with Crippen molar-refractivity contribution in [2.24, 2.45) is 0 Å². The maximum Gasteiger partial charge on any atom is 0.0929 e. The van der Waals surface area contributed by atoms with Gasteiger partial charge in [0.25, 0.3) is 0 Å². The zero-order valence-corrected chi connectivity index (χ0v) is 18.7. The summed E-state index contributed by atoms with van der Waals surface area (Å²) < 4.78 is 0. The van der Waals surface area contributed by atoms with E-state index in [2.05, 4.69) is 117 Å². The fraction of sp³-hybridized carbons (Fsp3) is 0.259. The summed E-state index contributed by atoms with van der Waals surface area (Å²) in [5.74, 6) is 3.49. The molecular weight excluding hydrogens is 370 g/mol. The van der Waals surface area contributed by atoms with Gasteiger partial charge in [0.15, 0.2) is 0 Å². The van der Waals surface area contributed by atoms with Gasteiger partial charge in [-0.3, -0.25) is 0 Å². The van der Waals surface area contributed by atoms with E-state index in [9.17, 15) is 0 Å². The first kappa shape index (κ1) is 22.8. The highest BCUT2D eigenvalue weighted by Gasteiger charge is 2.73. The van der Waals surface area contributed by atoms with E-state index in [0.717, 1.165) is 36.0 Å². The van der Waals surface area contributed by atoms with Crippen LogP contribution in [0.3, 0.4) is 0 Å². The van der Waals surface area contributed by atoms with Crippen molar-refractivity contribution in [1.82, 2.24) is 4.90 Å². The lowest BCUT2D eigenvalue weighted by Gasteiger charge is -2.84. The van der Waals surface area contributed by atoms with Crippen LogP contribution < -0.4 is 0 Å². The minimum atomic E-state index is -3.21. The first-order valence-electron chi connectivity index (χ1n) is 10.1. The van der Waals surface area contributed by atoms with Gasteiger partial charge < -0.3 is 4.90 Å². The van der Waals surface area contributed by atoms with Crippen LogP contribution in [-0.2, 0) is 4.87 Å². The minimum absolute atomic E-state index is 0.317. The van der Waals surface area contributed by atoms with Gasteiger partial charge in [-0.05, 0) is 40.4 Å². The standard InChI is InChI=1S/C27H37NS/c1-7-18-27(26-16-14-13-15-17-26)28(19-8-2)20-25-29(27,21-9-3,22-10-4,23-11-5)24-12-6/h7-17,20,25H,1-6,18-19,21-24H2. The Morgan fingerprint density at radius 2 is 1.24 bits per heavy atom. The van der Waals surface area contributed by atoms with Crippen molar-refractivity contribution < 1.29 is 0 Å². The molecule has 2 rings (SSSR count). The SMILES string of the molecule is C=CCN1C=CS(CC=C)(CC=C)(CC=C)(CC=C)C1(CC=C)c1ccccc1. The molecule has 1 aliphatic rings. The van der Waals surface area contributed by atoms with E-state index in [-0.39, 0.29) is 4.87 Å². The van der Waals surface area contributed by atoms with E-state index >= 15 is 0 Å². The number of benzene rings is 1. The first-order chi connectivity index (χ1) is 14.0. The molecule has 1 aromatic rings. The second-order valence-corrected chi connectivity index (χ2v) is 15.7. The lowest BCUT2D eigenvalue weighted by molar-refractivity contribution is 0.266. The third-order valence-corrected chi connectivity index (χ3v) is 16.1. The normalized spacial score (nSPS) is 25.4. The van der Waals surface area contributed by atoms with Crippen molar-refractivity contribution in [3.8, 4) is 0 Å². The minimum Gasteiger partial charge on any atom is -0.357 e. The maximum absolute atomic E-state index is 4.22. The Kier molecular flexibility index (Phi) is 6.39. The van der Waals surface area contributed by atoms with Gasteiger partial charge in [0.05, 0.1) is 4.87 Å². The molecule has 0 N–H and O–H groups in total. The first-order valence-corrected chi connectivity index (χ1v) is 13.3. The molecule has 1 heterocycles. The molecule has 1 atom stereocenters. The molecule has 0 amide bonds. The zero-order chi connectivity index (χ0) is 21.5. The molecule has 0 radical (unpaired) electrons. The van der Waals surface area contributed by atoms with E-state index in [1.807, 2.05) is 6.08 Å². The molecule has 156 valence electrons. The van der Waals surface area contributed by atoms with Gasteiger partial charge in [0.1, 0.15) is 0 Å². The van der Waals surface area contributed by atoms with Crippen LogP contribution in [0.25, 0.3) is 0 Å². The van der Waals surface area contributed by atoms with Gasteiger partial charge in [-0.2, -0.15) is 0 Å². The summed E-state index contributed by atoms with van der Waals surface area (Å²) in [6.07, 6.45) is 15.5. The second-order valence-electron chi connectivity index (χ2n) is 8.28. The summed E-state index contributed by atoms with van der Waals surface area (Å²) in [5, 5.41) is 2.52. The lowest BCUT2D eigenvalue weighted by Crippen LogP contribution is -2.62. The molecule has 1 unspecified atom stereocenters. The predicted molar refractivity (Wildman–Crippen MR) is 137 cm³/mol. The summed E-state index contributed by atoms with van der Waals surface area (Å²) in [4.78, 5) is 2.15. The Bertz CT molecular complexity index is 789. The topological polar surface area (TPSA) is 3.24 Å². The number of rotatable bonds is 13. The van der Waals surface area contributed by atoms with Crippen molar-refractivity contribution in [1.29, 1.82) is 0 Å². The van der Waals surface area contributed by atoms with Crippen molar-refractivity contribution in [3.05, 3.63) is 123 Å². The van der Waals surface area contributed by atoms with Gasteiger partial charge in [0.2, 0.25) is 0 Å². The number of hydrogen-bond acceptors (Lipinski definition) is 1. The summed E-state index contributed by atoms with van der Waals surface area (Å²) in [6, 6.07) is 10.8. The summed E-state index contributed by atoms with van der Waals surface area (Å²) in [6.45, 7) is 25.9. The van der Waals surface area contributed by atoms with Gasteiger partial charge in [-0.25, -0.2) is 8.29 Å².